The first-order valence-corrected chi connectivity index (χ1v) is 7.31. The van der Waals surface area contributed by atoms with Crippen LogP contribution in [0.1, 0.15) is 5.56 Å². The van der Waals surface area contributed by atoms with Crippen LogP contribution >= 0.6 is 0 Å². The van der Waals surface area contributed by atoms with Gasteiger partial charge in [0, 0.05) is 24.0 Å². The number of hydrogen-bond acceptors (Lipinski definition) is 5. The van der Waals surface area contributed by atoms with Crippen molar-refractivity contribution in [2.24, 2.45) is 0 Å². The van der Waals surface area contributed by atoms with Crippen molar-refractivity contribution in [3.63, 3.8) is 0 Å². The Kier molecular flexibility index (Phi) is 4.38. The molecular formula is C18H18N4O. The zero-order chi connectivity index (χ0) is 16.1. The number of para-hydroxylation sites is 1. The summed E-state index contributed by atoms with van der Waals surface area (Å²) in [7, 11) is 1.65. The first kappa shape index (κ1) is 14.8. The Labute approximate surface area is 135 Å². The summed E-state index contributed by atoms with van der Waals surface area (Å²) in [5.74, 6) is 1.39. The SMILES string of the molecule is COc1ccc(-c2ccnc(NCc3ccccc3N)n2)cc1. The van der Waals surface area contributed by atoms with Gasteiger partial charge in [0.2, 0.25) is 5.95 Å². The molecule has 0 spiro atoms. The number of methoxy groups -OCH3 is 1. The van der Waals surface area contributed by atoms with Gasteiger partial charge >= 0.3 is 0 Å². The van der Waals surface area contributed by atoms with Gasteiger partial charge in [0.1, 0.15) is 5.75 Å². The number of aromatic nitrogens is 2. The number of benzene rings is 2. The van der Waals surface area contributed by atoms with Crippen molar-refractivity contribution < 1.29 is 4.74 Å². The molecule has 0 aliphatic rings. The molecule has 5 nitrogen and oxygen atoms in total. The molecule has 0 aliphatic heterocycles. The molecule has 0 radical (unpaired) electrons. The second kappa shape index (κ2) is 6.79. The first-order chi connectivity index (χ1) is 11.3. The van der Waals surface area contributed by atoms with E-state index < -0.39 is 0 Å². The van der Waals surface area contributed by atoms with Gasteiger partial charge in [0.05, 0.1) is 12.8 Å². The Balaban J connectivity index is 1.75. The minimum absolute atomic E-state index is 0.571. The van der Waals surface area contributed by atoms with Crippen LogP contribution < -0.4 is 15.8 Å². The highest BCUT2D eigenvalue weighted by Crippen LogP contribution is 2.21. The Morgan fingerprint density at radius 2 is 1.83 bits per heavy atom. The van der Waals surface area contributed by atoms with E-state index in [1.165, 1.54) is 0 Å². The number of ether oxygens (including phenoxy) is 1. The molecule has 0 saturated heterocycles. The summed E-state index contributed by atoms with van der Waals surface area (Å²) < 4.78 is 5.17. The number of anilines is 2. The van der Waals surface area contributed by atoms with E-state index in [1.807, 2.05) is 54.6 Å². The number of nitrogens with one attached hydrogen (secondary N) is 1. The lowest BCUT2D eigenvalue weighted by Crippen LogP contribution is -2.05. The maximum absolute atomic E-state index is 5.94. The van der Waals surface area contributed by atoms with Gasteiger partial charge < -0.3 is 15.8 Å². The third-order valence-electron chi connectivity index (χ3n) is 3.53. The van der Waals surface area contributed by atoms with Crippen LogP contribution in [0.25, 0.3) is 11.3 Å². The van der Waals surface area contributed by atoms with Gasteiger partial charge in [-0.25, -0.2) is 9.97 Å². The standard InChI is InChI=1S/C18H18N4O/c1-23-15-8-6-13(7-9-15)17-10-11-20-18(22-17)21-12-14-4-2-3-5-16(14)19/h2-11H,12,19H2,1H3,(H,20,21,22). The zero-order valence-corrected chi connectivity index (χ0v) is 12.9. The van der Waals surface area contributed by atoms with Crippen molar-refractivity contribution in [3.8, 4) is 17.0 Å². The lowest BCUT2D eigenvalue weighted by molar-refractivity contribution is 0.415. The summed E-state index contributed by atoms with van der Waals surface area (Å²) in [6.45, 7) is 0.582. The summed E-state index contributed by atoms with van der Waals surface area (Å²) in [6, 6.07) is 17.4. The van der Waals surface area contributed by atoms with Gasteiger partial charge in [0.25, 0.3) is 0 Å². The molecule has 5 heteroatoms. The minimum atomic E-state index is 0.571. The largest absolute Gasteiger partial charge is 0.497 e. The quantitative estimate of drug-likeness (QED) is 0.707. The van der Waals surface area contributed by atoms with Crippen molar-refractivity contribution in [1.29, 1.82) is 0 Å². The fourth-order valence-electron chi connectivity index (χ4n) is 2.24. The molecular weight excluding hydrogens is 288 g/mol. The molecule has 3 rings (SSSR count). The van der Waals surface area contributed by atoms with Gasteiger partial charge in [-0.1, -0.05) is 18.2 Å². The number of nitrogens with two attached hydrogens (primary N) is 1. The molecule has 0 bridgehead atoms. The Hall–Kier alpha value is -3.08. The molecule has 116 valence electrons. The van der Waals surface area contributed by atoms with E-state index in [0.29, 0.717) is 12.5 Å². The van der Waals surface area contributed by atoms with Crippen LogP contribution in [-0.2, 0) is 6.54 Å². The van der Waals surface area contributed by atoms with Crippen molar-refractivity contribution in [1.82, 2.24) is 9.97 Å². The van der Waals surface area contributed by atoms with E-state index >= 15 is 0 Å². The average molecular weight is 306 g/mol. The Bertz CT molecular complexity index is 787. The molecule has 0 aliphatic carbocycles. The van der Waals surface area contributed by atoms with Gasteiger partial charge in [-0.3, -0.25) is 0 Å². The maximum Gasteiger partial charge on any atom is 0.223 e. The van der Waals surface area contributed by atoms with E-state index in [9.17, 15) is 0 Å². The van der Waals surface area contributed by atoms with Gasteiger partial charge in [-0.05, 0) is 42.0 Å². The average Bonchev–Trinajstić information content (AvgIpc) is 2.61. The predicted octanol–water partition coefficient (Wildman–Crippen LogP) is 3.35. The van der Waals surface area contributed by atoms with Crippen LogP contribution in [0.3, 0.4) is 0 Å². The molecule has 2 aromatic carbocycles. The van der Waals surface area contributed by atoms with Gasteiger partial charge in [-0.15, -0.1) is 0 Å². The molecule has 3 aromatic rings. The maximum atomic E-state index is 5.94. The lowest BCUT2D eigenvalue weighted by atomic mass is 10.1. The van der Waals surface area contributed by atoms with E-state index in [1.54, 1.807) is 13.3 Å². The highest BCUT2D eigenvalue weighted by atomic mass is 16.5. The van der Waals surface area contributed by atoms with Crippen LogP contribution in [0.2, 0.25) is 0 Å². The van der Waals surface area contributed by atoms with Crippen molar-refractivity contribution in [3.05, 3.63) is 66.4 Å². The second-order valence-corrected chi connectivity index (χ2v) is 5.05. The fraction of sp³-hybridized carbons (Fsp3) is 0.111. The molecule has 1 aromatic heterocycles. The Morgan fingerprint density at radius 1 is 1.04 bits per heavy atom. The first-order valence-electron chi connectivity index (χ1n) is 7.31. The number of rotatable bonds is 5. The topological polar surface area (TPSA) is 73.1 Å². The molecule has 0 amide bonds. The third-order valence-corrected chi connectivity index (χ3v) is 3.53. The van der Waals surface area contributed by atoms with E-state index in [0.717, 1.165) is 28.3 Å². The highest BCUT2D eigenvalue weighted by molar-refractivity contribution is 5.61. The lowest BCUT2D eigenvalue weighted by Gasteiger charge is -2.09. The van der Waals surface area contributed by atoms with Crippen molar-refractivity contribution in [2.45, 2.75) is 6.54 Å². The molecule has 3 N–H and O–H groups in total. The van der Waals surface area contributed by atoms with Crippen LogP contribution in [0.5, 0.6) is 5.75 Å². The summed E-state index contributed by atoms with van der Waals surface area (Å²) in [6.07, 6.45) is 1.74. The molecule has 0 saturated carbocycles. The van der Waals surface area contributed by atoms with E-state index in [4.69, 9.17) is 10.5 Å². The number of nitrogens with zero attached hydrogens (tertiary/aromatic N) is 2. The number of nitrogen functional groups attached to an aromatic ring is 1. The molecule has 23 heavy (non-hydrogen) atoms. The fourth-order valence-corrected chi connectivity index (χ4v) is 2.24. The molecule has 0 unspecified atom stereocenters. The van der Waals surface area contributed by atoms with Crippen LogP contribution in [-0.4, -0.2) is 17.1 Å². The summed E-state index contributed by atoms with van der Waals surface area (Å²) in [5, 5.41) is 3.21. The van der Waals surface area contributed by atoms with Crippen LogP contribution in [0.4, 0.5) is 11.6 Å². The van der Waals surface area contributed by atoms with Crippen molar-refractivity contribution >= 4 is 11.6 Å². The van der Waals surface area contributed by atoms with Crippen LogP contribution in [0, 0.1) is 0 Å². The summed E-state index contributed by atoms with van der Waals surface area (Å²) >= 11 is 0. The zero-order valence-electron chi connectivity index (χ0n) is 12.9. The molecule has 0 atom stereocenters. The van der Waals surface area contributed by atoms with Gasteiger partial charge in [-0.2, -0.15) is 0 Å². The highest BCUT2D eigenvalue weighted by Gasteiger charge is 2.04. The smallest absolute Gasteiger partial charge is 0.223 e. The summed E-state index contributed by atoms with van der Waals surface area (Å²) in [5.41, 5.74) is 9.58. The van der Waals surface area contributed by atoms with E-state index in [-0.39, 0.29) is 0 Å². The summed E-state index contributed by atoms with van der Waals surface area (Å²) in [4.78, 5) is 8.80. The predicted molar refractivity (Wildman–Crippen MR) is 92.2 cm³/mol. The van der Waals surface area contributed by atoms with Crippen LogP contribution in [0.15, 0.2) is 60.8 Å². The van der Waals surface area contributed by atoms with Crippen molar-refractivity contribution in [2.75, 3.05) is 18.2 Å². The minimum Gasteiger partial charge on any atom is -0.497 e. The monoisotopic (exact) mass is 306 g/mol. The Morgan fingerprint density at radius 3 is 2.57 bits per heavy atom. The normalized spacial score (nSPS) is 10.3. The number of hydrogen-bond donors (Lipinski definition) is 2. The molecule has 0 fully saturated rings. The molecule has 1 heterocycles. The third kappa shape index (κ3) is 3.58. The van der Waals surface area contributed by atoms with E-state index in [2.05, 4.69) is 15.3 Å². The second-order valence-electron chi connectivity index (χ2n) is 5.05. The van der Waals surface area contributed by atoms with Gasteiger partial charge in [0.15, 0.2) is 0 Å².